The minimum atomic E-state index is -0.250. The molecule has 0 aliphatic carbocycles. The van der Waals surface area contributed by atoms with Gasteiger partial charge in [0.15, 0.2) is 5.65 Å². The predicted molar refractivity (Wildman–Crippen MR) is 97.8 cm³/mol. The number of pyridine rings is 1. The highest BCUT2D eigenvalue weighted by Gasteiger charge is 2.15. The maximum absolute atomic E-state index is 12.5. The van der Waals surface area contributed by atoms with Gasteiger partial charge in [-0.1, -0.05) is 42.5 Å². The molecule has 0 amide bonds. The first-order valence-corrected chi connectivity index (χ1v) is 8.11. The second-order valence-corrected chi connectivity index (χ2v) is 5.99. The van der Waals surface area contributed by atoms with Crippen LogP contribution in [0.3, 0.4) is 0 Å². The van der Waals surface area contributed by atoms with E-state index in [1.54, 1.807) is 18.3 Å². The van der Waals surface area contributed by atoms with E-state index in [9.17, 15) is 4.79 Å². The summed E-state index contributed by atoms with van der Waals surface area (Å²) in [5.41, 5.74) is 3.56. The van der Waals surface area contributed by atoms with Crippen LogP contribution in [0.5, 0.6) is 0 Å². The number of benzene rings is 2. The van der Waals surface area contributed by atoms with Crippen LogP contribution in [0.25, 0.3) is 27.8 Å². The minimum Gasteiger partial charge on any atom is -0.305 e. The molecule has 0 spiro atoms. The van der Waals surface area contributed by atoms with Gasteiger partial charge in [-0.3, -0.25) is 9.20 Å². The van der Waals surface area contributed by atoms with Crippen LogP contribution >= 0.6 is 0 Å². The number of para-hydroxylation sites is 2. The lowest BCUT2D eigenvalue weighted by Gasteiger charge is -2.06. The molecule has 0 radical (unpaired) electrons. The van der Waals surface area contributed by atoms with Gasteiger partial charge in [0.05, 0.1) is 23.0 Å². The van der Waals surface area contributed by atoms with E-state index in [2.05, 4.69) is 26.7 Å². The zero-order valence-corrected chi connectivity index (χ0v) is 13.3. The SMILES string of the molecule is O=c1nc2n(Cc3ccccc3)c3ccccc3n2c2ncccc12. The van der Waals surface area contributed by atoms with E-state index in [1.807, 2.05) is 46.9 Å². The quantitative estimate of drug-likeness (QED) is 0.500. The predicted octanol–water partition coefficient (Wildman–Crippen LogP) is 3.25. The maximum Gasteiger partial charge on any atom is 0.284 e. The van der Waals surface area contributed by atoms with Crippen LogP contribution < -0.4 is 5.56 Å². The van der Waals surface area contributed by atoms with Gasteiger partial charge in [-0.05, 0) is 29.8 Å². The van der Waals surface area contributed by atoms with Gasteiger partial charge >= 0.3 is 0 Å². The van der Waals surface area contributed by atoms with Crippen molar-refractivity contribution in [1.29, 1.82) is 0 Å². The van der Waals surface area contributed by atoms with Crippen LogP contribution in [0, 0.1) is 0 Å². The maximum atomic E-state index is 12.5. The van der Waals surface area contributed by atoms with Crippen molar-refractivity contribution in [2.75, 3.05) is 0 Å². The van der Waals surface area contributed by atoms with Crippen molar-refractivity contribution in [1.82, 2.24) is 18.9 Å². The molecule has 25 heavy (non-hydrogen) atoms. The average Bonchev–Trinajstić information content (AvgIpc) is 2.97. The standard InChI is InChI=1S/C20H14N4O/c25-19-15-9-6-12-21-18(15)24-17-11-5-4-10-16(17)23(20(24)22-19)13-14-7-2-1-3-8-14/h1-12H,13H2. The molecular weight excluding hydrogens is 312 g/mol. The van der Waals surface area contributed by atoms with Crippen molar-refractivity contribution >= 4 is 27.8 Å². The smallest absolute Gasteiger partial charge is 0.284 e. The zero-order chi connectivity index (χ0) is 16.8. The van der Waals surface area contributed by atoms with E-state index in [4.69, 9.17) is 0 Å². The Balaban J connectivity index is 1.95. The molecule has 5 nitrogen and oxygen atoms in total. The van der Waals surface area contributed by atoms with E-state index >= 15 is 0 Å². The molecule has 0 atom stereocenters. The fourth-order valence-electron chi connectivity index (χ4n) is 3.35. The first kappa shape index (κ1) is 13.9. The Bertz CT molecular complexity index is 1290. The number of rotatable bonds is 2. The number of nitrogens with zero attached hydrogens (tertiary/aromatic N) is 4. The molecule has 0 fully saturated rings. The van der Waals surface area contributed by atoms with Gasteiger partial charge in [-0.2, -0.15) is 4.98 Å². The van der Waals surface area contributed by atoms with E-state index < -0.39 is 0 Å². The topological polar surface area (TPSA) is 52.2 Å². The molecule has 0 unspecified atom stereocenters. The molecule has 0 N–H and O–H groups in total. The van der Waals surface area contributed by atoms with Crippen molar-refractivity contribution < 1.29 is 0 Å². The van der Waals surface area contributed by atoms with Crippen LogP contribution in [-0.2, 0) is 6.54 Å². The second-order valence-electron chi connectivity index (χ2n) is 5.99. The lowest BCUT2D eigenvalue weighted by atomic mass is 10.2. The summed E-state index contributed by atoms with van der Waals surface area (Å²) >= 11 is 0. The second kappa shape index (κ2) is 5.27. The van der Waals surface area contributed by atoms with Gasteiger partial charge in [0, 0.05) is 6.20 Å². The molecule has 120 valence electrons. The van der Waals surface area contributed by atoms with Gasteiger partial charge in [0.25, 0.3) is 5.56 Å². The van der Waals surface area contributed by atoms with Crippen molar-refractivity contribution in [3.8, 4) is 0 Å². The molecule has 0 saturated heterocycles. The number of fused-ring (bicyclic) bond motifs is 5. The van der Waals surface area contributed by atoms with Crippen molar-refractivity contribution in [3.63, 3.8) is 0 Å². The normalized spacial score (nSPS) is 11.5. The molecule has 0 aliphatic heterocycles. The Morgan fingerprint density at radius 3 is 2.44 bits per heavy atom. The van der Waals surface area contributed by atoms with E-state index in [-0.39, 0.29) is 5.56 Å². The lowest BCUT2D eigenvalue weighted by Crippen LogP contribution is -2.13. The third-order valence-corrected chi connectivity index (χ3v) is 4.47. The summed E-state index contributed by atoms with van der Waals surface area (Å²) in [5, 5.41) is 0.530. The van der Waals surface area contributed by atoms with Gasteiger partial charge in [-0.25, -0.2) is 4.98 Å². The van der Waals surface area contributed by atoms with Gasteiger partial charge in [-0.15, -0.1) is 0 Å². The highest BCUT2D eigenvalue weighted by atomic mass is 16.1. The summed E-state index contributed by atoms with van der Waals surface area (Å²) in [7, 11) is 0. The molecule has 2 aromatic carbocycles. The van der Waals surface area contributed by atoms with Crippen molar-refractivity contribution in [2.45, 2.75) is 6.54 Å². The molecule has 0 saturated carbocycles. The Morgan fingerprint density at radius 1 is 0.840 bits per heavy atom. The first-order chi connectivity index (χ1) is 12.3. The van der Waals surface area contributed by atoms with Crippen molar-refractivity contribution in [3.05, 3.63) is 88.8 Å². The Morgan fingerprint density at radius 2 is 1.60 bits per heavy atom. The van der Waals surface area contributed by atoms with E-state index in [0.29, 0.717) is 23.4 Å². The molecule has 3 heterocycles. The Labute approximate surface area is 142 Å². The molecule has 3 aromatic heterocycles. The Hall–Kier alpha value is -3.47. The largest absolute Gasteiger partial charge is 0.305 e. The van der Waals surface area contributed by atoms with Crippen LogP contribution in [0.2, 0.25) is 0 Å². The monoisotopic (exact) mass is 326 g/mol. The van der Waals surface area contributed by atoms with Crippen molar-refractivity contribution in [2.24, 2.45) is 0 Å². The molecule has 0 aliphatic rings. The average molecular weight is 326 g/mol. The van der Waals surface area contributed by atoms with Gasteiger partial charge in [0.1, 0.15) is 0 Å². The zero-order valence-electron chi connectivity index (χ0n) is 13.3. The van der Waals surface area contributed by atoms with Crippen LogP contribution in [0.4, 0.5) is 0 Å². The summed E-state index contributed by atoms with van der Waals surface area (Å²) < 4.78 is 4.04. The number of hydrogen-bond acceptors (Lipinski definition) is 3. The molecule has 5 aromatic rings. The summed E-state index contributed by atoms with van der Waals surface area (Å²) in [6.45, 7) is 0.642. The minimum absolute atomic E-state index is 0.250. The summed E-state index contributed by atoms with van der Waals surface area (Å²) in [4.78, 5) is 21.3. The van der Waals surface area contributed by atoms with Gasteiger partial charge in [0.2, 0.25) is 5.78 Å². The van der Waals surface area contributed by atoms with Crippen LogP contribution in [0.15, 0.2) is 77.7 Å². The highest BCUT2D eigenvalue weighted by Crippen LogP contribution is 2.23. The third-order valence-electron chi connectivity index (χ3n) is 4.47. The summed E-state index contributed by atoms with van der Waals surface area (Å²) in [5.74, 6) is 0.612. The lowest BCUT2D eigenvalue weighted by molar-refractivity contribution is 0.837. The molecular formula is C20H14N4O. The third kappa shape index (κ3) is 2.06. The van der Waals surface area contributed by atoms with E-state index in [0.717, 1.165) is 16.6 Å². The van der Waals surface area contributed by atoms with Gasteiger partial charge < -0.3 is 4.57 Å². The van der Waals surface area contributed by atoms with E-state index in [1.165, 1.54) is 0 Å². The van der Waals surface area contributed by atoms with Crippen LogP contribution in [-0.4, -0.2) is 18.9 Å². The Kier molecular flexibility index (Phi) is 2.94. The molecule has 0 bridgehead atoms. The number of aromatic nitrogens is 4. The number of imidazole rings is 1. The first-order valence-electron chi connectivity index (χ1n) is 8.11. The molecule has 5 rings (SSSR count). The fraction of sp³-hybridized carbons (Fsp3) is 0.0500. The molecule has 5 heteroatoms. The highest BCUT2D eigenvalue weighted by molar-refractivity contribution is 5.87. The van der Waals surface area contributed by atoms with Crippen LogP contribution in [0.1, 0.15) is 5.56 Å². The summed E-state index contributed by atoms with van der Waals surface area (Å²) in [6.07, 6.45) is 1.71. The summed E-state index contributed by atoms with van der Waals surface area (Å²) in [6, 6.07) is 21.8. The fourth-order valence-corrected chi connectivity index (χ4v) is 3.35. The number of hydrogen-bond donors (Lipinski definition) is 0.